The Balaban J connectivity index is 2.84. The first-order valence-electron chi connectivity index (χ1n) is 6.17. The Hall–Kier alpha value is -2.04. The van der Waals surface area contributed by atoms with E-state index in [1.54, 1.807) is 27.0 Å². The molecule has 1 aromatic carbocycles. The maximum Gasteiger partial charge on any atom is 0.240 e. The van der Waals surface area contributed by atoms with E-state index in [9.17, 15) is 9.59 Å². The fourth-order valence-corrected chi connectivity index (χ4v) is 1.65. The lowest BCUT2D eigenvalue weighted by Gasteiger charge is -2.18. The zero-order valence-corrected chi connectivity index (χ0v) is 11.5. The molecule has 0 saturated heterocycles. The van der Waals surface area contributed by atoms with Crippen molar-refractivity contribution in [3.8, 4) is 5.75 Å². The number of benzene rings is 1. The van der Waals surface area contributed by atoms with Crippen LogP contribution in [0.15, 0.2) is 24.3 Å². The lowest BCUT2D eigenvalue weighted by molar-refractivity contribution is -0.129. The molecule has 19 heavy (non-hydrogen) atoms. The molecular weight excluding hydrogens is 244 g/mol. The van der Waals surface area contributed by atoms with E-state index in [0.29, 0.717) is 12.2 Å². The van der Waals surface area contributed by atoms with Crippen LogP contribution in [0, 0.1) is 5.92 Å². The highest BCUT2D eigenvalue weighted by atomic mass is 16.5. The van der Waals surface area contributed by atoms with Crippen molar-refractivity contribution in [1.82, 2.24) is 5.32 Å². The van der Waals surface area contributed by atoms with Gasteiger partial charge in [0.1, 0.15) is 11.8 Å². The fraction of sp³-hybridized carbons (Fsp3) is 0.429. The van der Waals surface area contributed by atoms with Gasteiger partial charge in [-0.15, -0.1) is 0 Å². The molecule has 0 aliphatic carbocycles. The molecule has 0 fully saturated rings. The van der Waals surface area contributed by atoms with Gasteiger partial charge >= 0.3 is 0 Å². The van der Waals surface area contributed by atoms with Crippen LogP contribution in [0.25, 0.3) is 0 Å². The summed E-state index contributed by atoms with van der Waals surface area (Å²) < 4.78 is 5.21. The molecular formula is C14H20N2O3. The molecule has 1 rings (SSSR count). The third kappa shape index (κ3) is 4.28. The second kappa shape index (κ2) is 6.78. The minimum Gasteiger partial charge on any atom is -0.496 e. The van der Waals surface area contributed by atoms with E-state index >= 15 is 0 Å². The van der Waals surface area contributed by atoms with Crippen LogP contribution in [0.3, 0.4) is 0 Å². The Labute approximate surface area is 113 Å². The molecule has 0 aromatic heterocycles. The monoisotopic (exact) mass is 264 g/mol. The molecule has 3 N–H and O–H groups in total. The molecule has 0 spiro atoms. The highest BCUT2D eigenvalue weighted by Gasteiger charge is 2.21. The van der Waals surface area contributed by atoms with Gasteiger partial charge in [-0.2, -0.15) is 0 Å². The van der Waals surface area contributed by atoms with Crippen molar-refractivity contribution in [2.45, 2.75) is 26.3 Å². The van der Waals surface area contributed by atoms with Gasteiger partial charge in [0.25, 0.3) is 0 Å². The molecule has 0 aliphatic rings. The van der Waals surface area contributed by atoms with E-state index in [0.717, 1.165) is 5.56 Å². The van der Waals surface area contributed by atoms with Gasteiger partial charge in [0.15, 0.2) is 0 Å². The summed E-state index contributed by atoms with van der Waals surface area (Å²) in [4.78, 5) is 23.1. The van der Waals surface area contributed by atoms with Gasteiger partial charge in [-0.05, 0) is 11.6 Å². The molecule has 5 nitrogen and oxygen atoms in total. The maximum absolute atomic E-state index is 11.7. The quantitative estimate of drug-likeness (QED) is 0.799. The molecule has 0 saturated carbocycles. The number of rotatable bonds is 6. The number of nitrogens with one attached hydrogen (secondary N) is 1. The second-order valence-electron chi connectivity index (χ2n) is 4.63. The number of hydrogen-bond acceptors (Lipinski definition) is 3. The van der Waals surface area contributed by atoms with Gasteiger partial charge < -0.3 is 15.8 Å². The molecule has 0 unspecified atom stereocenters. The van der Waals surface area contributed by atoms with Gasteiger partial charge in [0.2, 0.25) is 11.8 Å². The number of methoxy groups -OCH3 is 1. The molecule has 5 heteroatoms. The van der Waals surface area contributed by atoms with E-state index < -0.39 is 11.9 Å². The molecule has 1 atom stereocenters. The summed E-state index contributed by atoms with van der Waals surface area (Å²) in [5.41, 5.74) is 6.16. The Morgan fingerprint density at radius 2 is 1.95 bits per heavy atom. The molecule has 0 radical (unpaired) electrons. The molecule has 0 aliphatic heterocycles. The van der Waals surface area contributed by atoms with Crippen LogP contribution < -0.4 is 15.8 Å². The second-order valence-corrected chi connectivity index (χ2v) is 4.63. The SMILES string of the molecule is COc1ccccc1C[C@H](NC(=O)C(C)C)C(N)=O. The maximum atomic E-state index is 11.7. The number of para-hydroxylation sites is 1. The number of hydrogen-bond donors (Lipinski definition) is 2. The number of carbonyl (C=O) groups is 2. The first-order chi connectivity index (χ1) is 8.95. The first kappa shape index (κ1) is 15.0. The van der Waals surface area contributed by atoms with Crippen LogP contribution in [-0.4, -0.2) is 25.0 Å². The molecule has 0 heterocycles. The highest BCUT2D eigenvalue weighted by Crippen LogP contribution is 2.19. The molecule has 104 valence electrons. The van der Waals surface area contributed by atoms with Gasteiger partial charge in [-0.3, -0.25) is 9.59 Å². The van der Waals surface area contributed by atoms with E-state index in [1.807, 2.05) is 18.2 Å². The van der Waals surface area contributed by atoms with Crippen molar-refractivity contribution in [3.05, 3.63) is 29.8 Å². The summed E-state index contributed by atoms with van der Waals surface area (Å²) >= 11 is 0. The average molecular weight is 264 g/mol. The van der Waals surface area contributed by atoms with Crippen molar-refractivity contribution in [3.63, 3.8) is 0 Å². The third-order valence-electron chi connectivity index (χ3n) is 2.80. The first-order valence-corrected chi connectivity index (χ1v) is 6.17. The molecule has 0 bridgehead atoms. The summed E-state index contributed by atoms with van der Waals surface area (Å²) in [5, 5.41) is 2.65. The summed E-state index contributed by atoms with van der Waals surface area (Å²) in [6, 6.07) is 6.61. The van der Waals surface area contributed by atoms with Crippen molar-refractivity contribution in [2.75, 3.05) is 7.11 Å². The predicted octanol–water partition coefficient (Wildman–Crippen LogP) is 0.864. The van der Waals surface area contributed by atoms with Crippen molar-refractivity contribution < 1.29 is 14.3 Å². The van der Waals surface area contributed by atoms with Gasteiger partial charge in [-0.25, -0.2) is 0 Å². The normalized spacial score (nSPS) is 12.0. The third-order valence-corrected chi connectivity index (χ3v) is 2.80. The fourth-order valence-electron chi connectivity index (χ4n) is 1.65. The minimum absolute atomic E-state index is 0.195. The van der Waals surface area contributed by atoms with E-state index in [4.69, 9.17) is 10.5 Å². The standard InChI is InChI=1S/C14H20N2O3/c1-9(2)14(18)16-11(13(15)17)8-10-6-4-5-7-12(10)19-3/h4-7,9,11H,8H2,1-3H3,(H2,15,17)(H,16,18)/t11-/m0/s1. The molecule has 1 aromatic rings. The van der Waals surface area contributed by atoms with E-state index in [2.05, 4.69) is 5.32 Å². The number of carbonyl (C=O) groups excluding carboxylic acids is 2. The molecule has 2 amide bonds. The van der Waals surface area contributed by atoms with Crippen LogP contribution in [-0.2, 0) is 16.0 Å². The summed E-state index contributed by atoms with van der Waals surface area (Å²) in [6.07, 6.45) is 0.317. The summed E-state index contributed by atoms with van der Waals surface area (Å²) in [5.74, 6) is -0.273. The van der Waals surface area contributed by atoms with Gasteiger partial charge in [-0.1, -0.05) is 32.0 Å². The van der Waals surface area contributed by atoms with Gasteiger partial charge in [0, 0.05) is 12.3 Å². The highest BCUT2D eigenvalue weighted by molar-refractivity contribution is 5.87. The van der Waals surface area contributed by atoms with Crippen molar-refractivity contribution >= 4 is 11.8 Å². The predicted molar refractivity (Wildman–Crippen MR) is 72.7 cm³/mol. The zero-order valence-electron chi connectivity index (χ0n) is 11.5. The Morgan fingerprint density at radius 3 is 2.47 bits per heavy atom. The number of ether oxygens (including phenoxy) is 1. The minimum atomic E-state index is -0.730. The lowest BCUT2D eigenvalue weighted by Crippen LogP contribution is -2.47. The van der Waals surface area contributed by atoms with Crippen LogP contribution in [0.4, 0.5) is 0 Å². The van der Waals surface area contributed by atoms with Crippen LogP contribution in [0.1, 0.15) is 19.4 Å². The number of amides is 2. The Bertz CT molecular complexity index is 458. The Kier molecular flexibility index (Phi) is 5.36. The van der Waals surface area contributed by atoms with Crippen molar-refractivity contribution in [1.29, 1.82) is 0 Å². The van der Waals surface area contributed by atoms with Crippen LogP contribution in [0.5, 0.6) is 5.75 Å². The van der Waals surface area contributed by atoms with E-state index in [-0.39, 0.29) is 11.8 Å². The largest absolute Gasteiger partial charge is 0.496 e. The Morgan fingerprint density at radius 1 is 1.32 bits per heavy atom. The zero-order chi connectivity index (χ0) is 14.4. The van der Waals surface area contributed by atoms with Crippen molar-refractivity contribution in [2.24, 2.45) is 11.7 Å². The van der Waals surface area contributed by atoms with Crippen LogP contribution >= 0.6 is 0 Å². The number of nitrogens with two attached hydrogens (primary N) is 1. The van der Waals surface area contributed by atoms with Gasteiger partial charge in [0.05, 0.1) is 7.11 Å². The van der Waals surface area contributed by atoms with Crippen LogP contribution in [0.2, 0.25) is 0 Å². The lowest BCUT2D eigenvalue weighted by atomic mass is 10.0. The van der Waals surface area contributed by atoms with E-state index in [1.165, 1.54) is 0 Å². The summed E-state index contributed by atoms with van der Waals surface area (Å²) in [6.45, 7) is 3.52. The average Bonchev–Trinajstić information content (AvgIpc) is 2.38. The smallest absolute Gasteiger partial charge is 0.240 e. The summed E-state index contributed by atoms with van der Waals surface area (Å²) in [7, 11) is 1.56. The topological polar surface area (TPSA) is 81.4 Å². The number of primary amides is 1.